The van der Waals surface area contributed by atoms with Crippen molar-refractivity contribution in [3.05, 3.63) is 47.3 Å². The van der Waals surface area contributed by atoms with E-state index in [4.69, 9.17) is 4.52 Å². The van der Waals surface area contributed by atoms with Gasteiger partial charge in [0.1, 0.15) is 0 Å². The number of nitrogens with zero attached hydrogens (tertiary/aromatic N) is 1. The smallest absolute Gasteiger partial charge is 0.313 e. The number of rotatable bonds is 5. The number of carboxylic acid groups (broad SMARTS) is 1. The summed E-state index contributed by atoms with van der Waals surface area (Å²) in [5.41, 5.74) is 0.945. The van der Waals surface area contributed by atoms with Gasteiger partial charge in [-0.2, -0.15) is 0 Å². The van der Waals surface area contributed by atoms with Crippen LogP contribution in [0, 0.1) is 0 Å². The number of benzene rings is 1. The maximum absolute atomic E-state index is 12.1. The van der Waals surface area contributed by atoms with Crippen LogP contribution in [0.1, 0.15) is 55.4 Å². The number of anilines is 1. The highest BCUT2D eigenvalue weighted by Gasteiger charge is 2.29. The molecule has 2 N–H and O–H groups in total. The summed E-state index contributed by atoms with van der Waals surface area (Å²) >= 11 is 0. The number of aliphatic carboxylic acids is 1. The molecule has 0 unspecified atom stereocenters. The quantitative estimate of drug-likeness (QED) is 0.881. The first kappa shape index (κ1) is 16.7. The molecule has 2 aromatic rings. The van der Waals surface area contributed by atoms with Crippen molar-refractivity contribution in [2.45, 2.75) is 39.0 Å². The SMILES string of the molecule is CC(C)c1cc(C(=O)Nc2ccc(C(C)(C)C(=O)O)cc2)on1. The third-order valence-electron chi connectivity index (χ3n) is 3.74. The Balaban J connectivity index is 2.11. The van der Waals surface area contributed by atoms with Crippen LogP contribution in [0.2, 0.25) is 0 Å². The Morgan fingerprint density at radius 3 is 2.30 bits per heavy atom. The third-order valence-corrected chi connectivity index (χ3v) is 3.74. The van der Waals surface area contributed by atoms with E-state index in [1.807, 2.05) is 13.8 Å². The number of carbonyl (C=O) groups excluding carboxylic acids is 1. The molecule has 0 fully saturated rings. The van der Waals surface area contributed by atoms with Crippen LogP contribution >= 0.6 is 0 Å². The van der Waals surface area contributed by atoms with Crippen LogP contribution in [-0.2, 0) is 10.2 Å². The minimum atomic E-state index is -0.986. The molecule has 0 spiro atoms. The molecule has 23 heavy (non-hydrogen) atoms. The van der Waals surface area contributed by atoms with Crippen molar-refractivity contribution in [2.75, 3.05) is 5.32 Å². The first-order valence-electron chi connectivity index (χ1n) is 7.33. The van der Waals surface area contributed by atoms with E-state index >= 15 is 0 Å². The maximum Gasteiger partial charge on any atom is 0.313 e. The van der Waals surface area contributed by atoms with E-state index in [0.717, 1.165) is 0 Å². The van der Waals surface area contributed by atoms with Gasteiger partial charge in [0.05, 0.1) is 11.1 Å². The lowest BCUT2D eigenvalue weighted by atomic mass is 9.85. The molecule has 122 valence electrons. The summed E-state index contributed by atoms with van der Waals surface area (Å²) in [5.74, 6) is -0.978. The molecule has 2 rings (SSSR count). The van der Waals surface area contributed by atoms with E-state index in [1.54, 1.807) is 44.2 Å². The number of carbonyl (C=O) groups is 2. The molecule has 1 heterocycles. The fourth-order valence-electron chi connectivity index (χ4n) is 1.95. The van der Waals surface area contributed by atoms with Gasteiger partial charge in [-0.25, -0.2) is 0 Å². The number of carboxylic acids is 1. The molecule has 6 nitrogen and oxygen atoms in total. The minimum absolute atomic E-state index is 0.142. The summed E-state index contributed by atoms with van der Waals surface area (Å²) in [4.78, 5) is 23.3. The number of aromatic nitrogens is 1. The van der Waals surface area contributed by atoms with Crippen LogP contribution in [0.3, 0.4) is 0 Å². The van der Waals surface area contributed by atoms with Crippen LogP contribution in [0.25, 0.3) is 0 Å². The van der Waals surface area contributed by atoms with Gasteiger partial charge in [0.25, 0.3) is 5.91 Å². The summed E-state index contributed by atoms with van der Waals surface area (Å²) in [6, 6.07) is 8.31. The van der Waals surface area contributed by atoms with Crippen LogP contribution in [0.5, 0.6) is 0 Å². The summed E-state index contributed by atoms with van der Waals surface area (Å²) < 4.78 is 5.03. The molecule has 1 amide bonds. The number of amides is 1. The molecule has 1 aromatic carbocycles. The predicted molar refractivity (Wildman–Crippen MR) is 85.6 cm³/mol. The molecule has 0 aliphatic carbocycles. The van der Waals surface area contributed by atoms with E-state index in [0.29, 0.717) is 16.9 Å². The Labute approximate surface area is 134 Å². The van der Waals surface area contributed by atoms with E-state index in [2.05, 4.69) is 10.5 Å². The van der Waals surface area contributed by atoms with Gasteiger partial charge >= 0.3 is 5.97 Å². The van der Waals surface area contributed by atoms with Crippen LogP contribution < -0.4 is 5.32 Å². The Hall–Kier alpha value is -2.63. The van der Waals surface area contributed by atoms with Gasteiger partial charge in [0.15, 0.2) is 0 Å². The highest BCUT2D eigenvalue weighted by Crippen LogP contribution is 2.25. The zero-order valence-corrected chi connectivity index (χ0v) is 13.6. The predicted octanol–water partition coefficient (Wildman–Crippen LogP) is 3.41. The van der Waals surface area contributed by atoms with Gasteiger partial charge in [-0.3, -0.25) is 9.59 Å². The van der Waals surface area contributed by atoms with Crippen LogP contribution in [0.4, 0.5) is 5.69 Å². The standard InChI is InChI=1S/C17H20N2O4/c1-10(2)13-9-14(23-19-13)15(20)18-12-7-5-11(6-8-12)17(3,4)16(21)22/h5-10H,1-4H3,(H,18,20)(H,21,22). The lowest BCUT2D eigenvalue weighted by Gasteiger charge is -2.19. The van der Waals surface area contributed by atoms with Crippen molar-refractivity contribution in [3.8, 4) is 0 Å². The second-order valence-electron chi connectivity index (χ2n) is 6.23. The fraction of sp³-hybridized carbons (Fsp3) is 0.353. The first-order chi connectivity index (χ1) is 10.7. The summed E-state index contributed by atoms with van der Waals surface area (Å²) in [6.45, 7) is 7.18. The van der Waals surface area contributed by atoms with Crippen LogP contribution in [0.15, 0.2) is 34.9 Å². The van der Waals surface area contributed by atoms with Crippen LogP contribution in [-0.4, -0.2) is 22.1 Å². The Morgan fingerprint density at radius 2 is 1.83 bits per heavy atom. The average molecular weight is 316 g/mol. The van der Waals surface area contributed by atoms with Gasteiger partial charge in [-0.15, -0.1) is 0 Å². The van der Waals surface area contributed by atoms with Gasteiger partial charge < -0.3 is 14.9 Å². The van der Waals surface area contributed by atoms with Crippen molar-refractivity contribution in [3.63, 3.8) is 0 Å². The van der Waals surface area contributed by atoms with E-state index < -0.39 is 17.3 Å². The second-order valence-corrected chi connectivity index (χ2v) is 6.23. The maximum atomic E-state index is 12.1. The minimum Gasteiger partial charge on any atom is -0.481 e. The van der Waals surface area contributed by atoms with Gasteiger partial charge in [-0.05, 0) is 37.5 Å². The topological polar surface area (TPSA) is 92.4 Å². The average Bonchev–Trinajstić information content (AvgIpc) is 2.97. The van der Waals surface area contributed by atoms with Crippen molar-refractivity contribution >= 4 is 17.6 Å². The number of hydrogen-bond acceptors (Lipinski definition) is 4. The molecule has 0 aliphatic heterocycles. The lowest BCUT2D eigenvalue weighted by molar-refractivity contribution is -0.142. The number of nitrogens with one attached hydrogen (secondary N) is 1. The molecule has 0 saturated carbocycles. The summed E-state index contributed by atoms with van der Waals surface area (Å²) in [6.07, 6.45) is 0. The molecule has 0 radical (unpaired) electrons. The first-order valence-corrected chi connectivity index (χ1v) is 7.33. The largest absolute Gasteiger partial charge is 0.481 e. The Bertz CT molecular complexity index is 714. The fourth-order valence-corrected chi connectivity index (χ4v) is 1.95. The molecule has 0 bridgehead atoms. The molecule has 0 saturated heterocycles. The van der Waals surface area contributed by atoms with Crippen molar-refractivity contribution < 1.29 is 19.2 Å². The monoisotopic (exact) mass is 316 g/mol. The second kappa shape index (κ2) is 6.24. The zero-order valence-electron chi connectivity index (χ0n) is 13.6. The zero-order chi connectivity index (χ0) is 17.2. The van der Waals surface area contributed by atoms with E-state index in [1.165, 1.54) is 0 Å². The Morgan fingerprint density at radius 1 is 1.22 bits per heavy atom. The molecule has 6 heteroatoms. The Kier molecular flexibility index (Phi) is 4.54. The van der Waals surface area contributed by atoms with Gasteiger partial charge in [0.2, 0.25) is 5.76 Å². The van der Waals surface area contributed by atoms with Gasteiger partial charge in [-0.1, -0.05) is 31.1 Å². The van der Waals surface area contributed by atoms with Crippen molar-refractivity contribution in [1.82, 2.24) is 5.16 Å². The van der Waals surface area contributed by atoms with Crippen molar-refractivity contribution in [2.24, 2.45) is 0 Å². The van der Waals surface area contributed by atoms with Crippen molar-refractivity contribution in [1.29, 1.82) is 0 Å². The summed E-state index contributed by atoms with van der Waals surface area (Å²) in [5, 5.41) is 15.8. The summed E-state index contributed by atoms with van der Waals surface area (Å²) in [7, 11) is 0. The van der Waals surface area contributed by atoms with E-state index in [-0.39, 0.29) is 11.7 Å². The molecular weight excluding hydrogens is 296 g/mol. The molecule has 0 atom stereocenters. The van der Waals surface area contributed by atoms with E-state index in [9.17, 15) is 14.7 Å². The molecule has 1 aromatic heterocycles. The number of hydrogen-bond donors (Lipinski definition) is 2. The highest BCUT2D eigenvalue weighted by atomic mass is 16.5. The third kappa shape index (κ3) is 3.59. The normalized spacial score (nSPS) is 11.5. The van der Waals surface area contributed by atoms with Gasteiger partial charge in [0, 0.05) is 11.8 Å². The highest BCUT2D eigenvalue weighted by molar-refractivity contribution is 6.02. The molecule has 0 aliphatic rings. The lowest BCUT2D eigenvalue weighted by Crippen LogP contribution is -2.28. The molecular formula is C17H20N2O4.